The van der Waals surface area contributed by atoms with Crippen LogP contribution in [0.4, 0.5) is 0 Å². The van der Waals surface area contributed by atoms with Gasteiger partial charge in [-0.15, -0.1) is 0 Å². The van der Waals surface area contributed by atoms with Gasteiger partial charge in [-0.05, 0) is 13.3 Å². The van der Waals surface area contributed by atoms with Gasteiger partial charge in [0, 0.05) is 25.4 Å². The highest BCUT2D eigenvalue weighted by Crippen LogP contribution is 1.93. The van der Waals surface area contributed by atoms with Crippen LogP contribution in [0.1, 0.15) is 19.2 Å². The van der Waals surface area contributed by atoms with Crippen LogP contribution in [-0.2, 0) is 20.7 Å². The topological polar surface area (TPSA) is 84.1 Å². The second-order valence-corrected chi connectivity index (χ2v) is 3.12. The summed E-state index contributed by atoms with van der Waals surface area (Å²) in [6.07, 6.45) is 4.87. The van der Waals surface area contributed by atoms with Crippen molar-refractivity contribution in [3.05, 3.63) is 18.2 Å². The van der Waals surface area contributed by atoms with E-state index in [0.29, 0.717) is 6.54 Å². The third-order valence-corrected chi connectivity index (χ3v) is 1.89. The number of aromatic amines is 1. The molecule has 0 saturated carbocycles. The first kappa shape index (κ1) is 12.2. The largest absolute Gasteiger partial charge is 0.459 e. The molecule has 0 aromatic carbocycles. The fourth-order valence-electron chi connectivity index (χ4n) is 1.16. The maximum atomic E-state index is 11.1. The highest BCUT2D eigenvalue weighted by molar-refractivity contribution is 6.32. The van der Waals surface area contributed by atoms with E-state index in [4.69, 9.17) is 0 Å². The van der Waals surface area contributed by atoms with Gasteiger partial charge in [0.1, 0.15) is 5.82 Å². The van der Waals surface area contributed by atoms with E-state index < -0.39 is 11.9 Å². The van der Waals surface area contributed by atoms with E-state index >= 15 is 0 Å². The van der Waals surface area contributed by atoms with Crippen LogP contribution in [0.2, 0.25) is 0 Å². The number of imidazole rings is 1. The first-order chi connectivity index (χ1) is 7.74. The van der Waals surface area contributed by atoms with Gasteiger partial charge in [0.2, 0.25) is 0 Å². The van der Waals surface area contributed by atoms with Crippen LogP contribution in [0.5, 0.6) is 0 Å². The summed E-state index contributed by atoms with van der Waals surface area (Å²) < 4.78 is 4.54. The number of aromatic nitrogens is 2. The summed E-state index contributed by atoms with van der Waals surface area (Å²) in [4.78, 5) is 29.0. The van der Waals surface area contributed by atoms with Crippen molar-refractivity contribution in [2.75, 3.05) is 13.2 Å². The number of carbonyl (C=O) groups is 2. The van der Waals surface area contributed by atoms with Crippen LogP contribution < -0.4 is 5.32 Å². The van der Waals surface area contributed by atoms with Crippen LogP contribution >= 0.6 is 0 Å². The average Bonchev–Trinajstić information content (AvgIpc) is 2.77. The normalized spacial score (nSPS) is 9.81. The lowest BCUT2D eigenvalue weighted by atomic mass is 10.3. The monoisotopic (exact) mass is 225 g/mol. The number of carbonyl (C=O) groups excluding carboxylic acids is 2. The van der Waals surface area contributed by atoms with Crippen molar-refractivity contribution in [3.63, 3.8) is 0 Å². The standard InChI is InChI=1S/C10H15N3O3/c1-2-16-10(15)9(14)13-5-3-4-8-11-6-7-12-8/h6-7H,2-5H2,1H3,(H,11,12)(H,13,14). The van der Waals surface area contributed by atoms with Gasteiger partial charge in [0.05, 0.1) is 6.61 Å². The number of ether oxygens (including phenoxy) is 1. The Labute approximate surface area is 93.4 Å². The lowest BCUT2D eigenvalue weighted by molar-refractivity contribution is -0.154. The van der Waals surface area contributed by atoms with Crippen molar-refractivity contribution >= 4 is 11.9 Å². The van der Waals surface area contributed by atoms with Crippen molar-refractivity contribution in [1.29, 1.82) is 0 Å². The summed E-state index contributed by atoms with van der Waals surface area (Å²) in [5.74, 6) is -0.660. The average molecular weight is 225 g/mol. The minimum atomic E-state index is -0.833. The maximum absolute atomic E-state index is 11.1. The Kier molecular flexibility index (Phi) is 5.04. The van der Waals surface area contributed by atoms with E-state index in [1.165, 1.54) is 0 Å². The fraction of sp³-hybridized carbons (Fsp3) is 0.500. The highest BCUT2D eigenvalue weighted by atomic mass is 16.5. The highest BCUT2D eigenvalue weighted by Gasteiger charge is 2.12. The number of rotatable bonds is 5. The van der Waals surface area contributed by atoms with E-state index in [0.717, 1.165) is 18.7 Å². The van der Waals surface area contributed by atoms with E-state index in [2.05, 4.69) is 20.0 Å². The minimum Gasteiger partial charge on any atom is -0.459 e. The predicted molar refractivity (Wildman–Crippen MR) is 56.6 cm³/mol. The Balaban J connectivity index is 2.11. The van der Waals surface area contributed by atoms with Gasteiger partial charge in [-0.25, -0.2) is 9.78 Å². The zero-order valence-electron chi connectivity index (χ0n) is 9.16. The first-order valence-corrected chi connectivity index (χ1v) is 5.17. The first-order valence-electron chi connectivity index (χ1n) is 5.17. The molecule has 0 spiro atoms. The van der Waals surface area contributed by atoms with E-state index in [1.54, 1.807) is 19.3 Å². The molecule has 88 valence electrons. The van der Waals surface area contributed by atoms with Crippen LogP contribution in [0.15, 0.2) is 12.4 Å². The number of amides is 1. The van der Waals surface area contributed by atoms with Crippen LogP contribution in [-0.4, -0.2) is 35.0 Å². The molecular formula is C10H15N3O3. The van der Waals surface area contributed by atoms with Gasteiger partial charge < -0.3 is 15.0 Å². The van der Waals surface area contributed by atoms with Gasteiger partial charge in [-0.2, -0.15) is 0 Å². The van der Waals surface area contributed by atoms with Gasteiger partial charge >= 0.3 is 11.9 Å². The molecule has 0 aliphatic heterocycles. The Morgan fingerprint density at radius 1 is 1.56 bits per heavy atom. The van der Waals surface area contributed by atoms with Crippen molar-refractivity contribution in [2.24, 2.45) is 0 Å². The molecule has 1 rings (SSSR count). The molecule has 0 aliphatic carbocycles. The second kappa shape index (κ2) is 6.60. The van der Waals surface area contributed by atoms with Gasteiger partial charge in [-0.1, -0.05) is 0 Å². The third-order valence-electron chi connectivity index (χ3n) is 1.89. The van der Waals surface area contributed by atoms with Gasteiger partial charge in [0.15, 0.2) is 0 Å². The molecule has 0 atom stereocenters. The van der Waals surface area contributed by atoms with Gasteiger partial charge in [0.25, 0.3) is 0 Å². The summed E-state index contributed by atoms with van der Waals surface area (Å²) >= 11 is 0. The molecule has 0 saturated heterocycles. The van der Waals surface area contributed by atoms with E-state index in [9.17, 15) is 9.59 Å². The zero-order valence-corrected chi connectivity index (χ0v) is 9.16. The lowest BCUT2D eigenvalue weighted by Gasteiger charge is -2.03. The zero-order chi connectivity index (χ0) is 11.8. The number of nitrogens with one attached hydrogen (secondary N) is 2. The molecule has 0 bridgehead atoms. The Morgan fingerprint density at radius 3 is 3.00 bits per heavy atom. The van der Waals surface area contributed by atoms with Crippen molar-refractivity contribution in [1.82, 2.24) is 15.3 Å². The molecule has 0 aliphatic rings. The summed E-state index contributed by atoms with van der Waals surface area (Å²) in [5.41, 5.74) is 0. The van der Waals surface area contributed by atoms with Crippen molar-refractivity contribution in [3.8, 4) is 0 Å². The summed E-state index contributed by atoms with van der Waals surface area (Å²) in [6.45, 7) is 2.29. The summed E-state index contributed by atoms with van der Waals surface area (Å²) in [5, 5.41) is 2.47. The number of aryl methyl sites for hydroxylation is 1. The molecule has 1 aromatic rings. The minimum absolute atomic E-state index is 0.207. The van der Waals surface area contributed by atoms with Crippen molar-refractivity contribution in [2.45, 2.75) is 19.8 Å². The van der Waals surface area contributed by atoms with E-state index in [1.807, 2.05) is 0 Å². The number of H-pyrrole nitrogens is 1. The molecule has 16 heavy (non-hydrogen) atoms. The van der Waals surface area contributed by atoms with Crippen LogP contribution in [0.25, 0.3) is 0 Å². The molecule has 6 heteroatoms. The molecule has 0 radical (unpaired) electrons. The van der Waals surface area contributed by atoms with Crippen LogP contribution in [0, 0.1) is 0 Å². The molecular weight excluding hydrogens is 210 g/mol. The Bertz CT molecular complexity index is 335. The van der Waals surface area contributed by atoms with Crippen molar-refractivity contribution < 1.29 is 14.3 Å². The molecule has 1 heterocycles. The third kappa shape index (κ3) is 4.12. The van der Waals surface area contributed by atoms with Crippen LogP contribution in [0.3, 0.4) is 0 Å². The Hall–Kier alpha value is -1.85. The molecule has 0 fully saturated rings. The molecule has 2 N–H and O–H groups in total. The van der Waals surface area contributed by atoms with Gasteiger partial charge in [-0.3, -0.25) is 4.79 Å². The second-order valence-electron chi connectivity index (χ2n) is 3.12. The van der Waals surface area contributed by atoms with E-state index in [-0.39, 0.29) is 6.61 Å². The molecule has 1 amide bonds. The molecule has 6 nitrogen and oxygen atoms in total. The predicted octanol–water partition coefficient (Wildman–Crippen LogP) is 0.0216. The quantitative estimate of drug-likeness (QED) is 0.420. The number of nitrogens with zero attached hydrogens (tertiary/aromatic N) is 1. The SMILES string of the molecule is CCOC(=O)C(=O)NCCCc1ncc[nH]1. The Morgan fingerprint density at radius 2 is 2.38 bits per heavy atom. The number of esters is 1. The lowest BCUT2D eigenvalue weighted by Crippen LogP contribution is -2.33. The maximum Gasteiger partial charge on any atom is 0.396 e. The molecule has 1 aromatic heterocycles. The number of hydrogen-bond donors (Lipinski definition) is 2. The smallest absolute Gasteiger partial charge is 0.396 e. The number of hydrogen-bond acceptors (Lipinski definition) is 4. The summed E-state index contributed by atoms with van der Waals surface area (Å²) in [6, 6.07) is 0. The summed E-state index contributed by atoms with van der Waals surface area (Å²) in [7, 11) is 0. The fourth-order valence-corrected chi connectivity index (χ4v) is 1.16. The molecule has 0 unspecified atom stereocenters.